The van der Waals surface area contributed by atoms with Crippen LogP contribution in [-0.2, 0) is 0 Å². The van der Waals surface area contributed by atoms with Gasteiger partial charge in [0.25, 0.3) is 0 Å². The molecule has 0 aliphatic rings. The van der Waals surface area contributed by atoms with Crippen LogP contribution in [0.15, 0.2) is 212 Å². The highest BCUT2D eigenvalue weighted by Gasteiger charge is 2.19. The van der Waals surface area contributed by atoms with Gasteiger partial charge in [0.15, 0.2) is 0 Å². The molecular formula is C52H35N3. The third-order valence-electron chi connectivity index (χ3n) is 11.1. The van der Waals surface area contributed by atoms with Gasteiger partial charge in [-0.25, -0.2) is 0 Å². The molecule has 258 valence electrons. The molecule has 0 amide bonds. The molecule has 11 rings (SSSR count). The molecule has 3 nitrogen and oxygen atoms in total. The standard InChI is InChI=1S/C52H35N3/c1-2-16-42(17-3-1)55-50-21-9-8-20-46(50)47-33-28-40-34-35-53(51(40)52(47)55)41-29-24-36(25-30-41)37-26-31-43(32-27-37)54(48-22-10-14-38-12-4-6-18-44(38)48)49-23-11-15-39-13-5-7-19-45(39)49/h1-35H. The number of anilines is 3. The highest BCUT2D eigenvalue weighted by atomic mass is 15.1. The number of hydrogen-bond donors (Lipinski definition) is 0. The van der Waals surface area contributed by atoms with Gasteiger partial charge in [-0.05, 0) is 82.6 Å². The second kappa shape index (κ2) is 12.6. The van der Waals surface area contributed by atoms with Crippen molar-refractivity contribution < 1.29 is 0 Å². The van der Waals surface area contributed by atoms with Crippen LogP contribution in [0.25, 0.3) is 76.8 Å². The summed E-state index contributed by atoms with van der Waals surface area (Å²) in [7, 11) is 0. The maximum absolute atomic E-state index is 2.42. The Hall–Kier alpha value is -7.36. The summed E-state index contributed by atoms with van der Waals surface area (Å²) in [5, 5.41) is 8.61. The Kier molecular flexibility index (Phi) is 7.17. The van der Waals surface area contributed by atoms with Gasteiger partial charge in [0.2, 0.25) is 0 Å². The Morgan fingerprint density at radius 2 is 0.891 bits per heavy atom. The third-order valence-corrected chi connectivity index (χ3v) is 11.1. The van der Waals surface area contributed by atoms with E-state index in [4.69, 9.17) is 0 Å². The van der Waals surface area contributed by atoms with Gasteiger partial charge in [-0.1, -0.05) is 146 Å². The molecule has 0 fully saturated rings. The molecule has 0 aliphatic heterocycles. The minimum Gasteiger partial charge on any atom is -0.315 e. The maximum atomic E-state index is 2.42. The van der Waals surface area contributed by atoms with Crippen LogP contribution in [0.2, 0.25) is 0 Å². The van der Waals surface area contributed by atoms with Crippen LogP contribution in [0, 0.1) is 0 Å². The molecule has 0 atom stereocenters. The first kappa shape index (κ1) is 31.2. The van der Waals surface area contributed by atoms with E-state index < -0.39 is 0 Å². The van der Waals surface area contributed by atoms with Gasteiger partial charge < -0.3 is 14.0 Å². The Morgan fingerprint density at radius 3 is 1.56 bits per heavy atom. The fraction of sp³-hybridized carbons (Fsp3) is 0. The summed E-state index contributed by atoms with van der Waals surface area (Å²) in [6.07, 6.45) is 2.20. The molecular weight excluding hydrogens is 667 g/mol. The van der Waals surface area contributed by atoms with Crippen LogP contribution >= 0.6 is 0 Å². The minimum absolute atomic E-state index is 1.12. The van der Waals surface area contributed by atoms with Crippen LogP contribution in [0.1, 0.15) is 0 Å². The van der Waals surface area contributed by atoms with Crippen LogP contribution in [0.4, 0.5) is 17.1 Å². The first-order valence-electron chi connectivity index (χ1n) is 18.9. The normalized spacial score (nSPS) is 11.6. The summed E-state index contributed by atoms with van der Waals surface area (Å²) in [6, 6.07) is 74.6. The molecule has 9 aromatic carbocycles. The van der Waals surface area contributed by atoms with Crippen molar-refractivity contribution in [1.29, 1.82) is 0 Å². The number of benzene rings is 9. The van der Waals surface area contributed by atoms with E-state index in [1.165, 1.54) is 65.4 Å². The highest BCUT2D eigenvalue weighted by Crippen LogP contribution is 2.43. The van der Waals surface area contributed by atoms with E-state index in [9.17, 15) is 0 Å². The lowest BCUT2D eigenvalue weighted by Gasteiger charge is -2.28. The molecule has 0 saturated heterocycles. The summed E-state index contributed by atoms with van der Waals surface area (Å²) in [4.78, 5) is 2.41. The number of nitrogens with zero attached hydrogens (tertiary/aromatic N) is 3. The Morgan fingerprint density at radius 1 is 0.327 bits per heavy atom. The predicted molar refractivity (Wildman–Crippen MR) is 233 cm³/mol. The zero-order valence-corrected chi connectivity index (χ0v) is 30.0. The second-order valence-electron chi connectivity index (χ2n) is 14.2. The fourth-order valence-electron chi connectivity index (χ4n) is 8.57. The van der Waals surface area contributed by atoms with E-state index >= 15 is 0 Å². The molecule has 0 unspecified atom stereocenters. The predicted octanol–water partition coefficient (Wildman–Crippen LogP) is 14.2. The molecule has 11 aromatic rings. The van der Waals surface area contributed by atoms with Crippen molar-refractivity contribution in [1.82, 2.24) is 9.13 Å². The molecule has 0 N–H and O–H groups in total. The maximum Gasteiger partial charge on any atom is 0.0788 e. The smallest absolute Gasteiger partial charge is 0.0788 e. The zero-order chi connectivity index (χ0) is 36.3. The third kappa shape index (κ3) is 5.05. The van der Waals surface area contributed by atoms with E-state index in [0.717, 1.165) is 28.4 Å². The van der Waals surface area contributed by atoms with Crippen LogP contribution in [0.5, 0.6) is 0 Å². The van der Waals surface area contributed by atoms with Crippen molar-refractivity contribution in [3.05, 3.63) is 212 Å². The largest absolute Gasteiger partial charge is 0.315 e. The van der Waals surface area contributed by atoms with E-state index in [2.05, 4.69) is 226 Å². The SMILES string of the molecule is c1ccc(-n2c3ccccc3c3ccc4ccn(-c5ccc(-c6ccc(N(c7cccc8ccccc78)c7cccc8ccccc78)cc6)cc5)c4c32)cc1. The molecule has 0 spiro atoms. The molecule has 3 heteroatoms. The van der Waals surface area contributed by atoms with Gasteiger partial charge >= 0.3 is 0 Å². The molecule has 0 aliphatic carbocycles. The number of hydrogen-bond acceptors (Lipinski definition) is 1. The number of para-hydroxylation sites is 2. The van der Waals surface area contributed by atoms with Gasteiger partial charge in [-0.3, -0.25) is 0 Å². The first-order chi connectivity index (χ1) is 27.3. The summed E-state index contributed by atoms with van der Waals surface area (Å²) >= 11 is 0. The van der Waals surface area contributed by atoms with Gasteiger partial charge in [0, 0.05) is 50.2 Å². The van der Waals surface area contributed by atoms with Crippen molar-refractivity contribution in [3.8, 4) is 22.5 Å². The van der Waals surface area contributed by atoms with Gasteiger partial charge in [0.05, 0.1) is 27.9 Å². The van der Waals surface area contributed by atoms with Crippen molar-refractivity contribution in [3.63, 3.8) is 0 Å². The molecule has 2 heterocycles. The second-order valence-corrected chi connectivity index (χ2v) is 14.2. The van der Waals surface area contributed by atoms with Crippen LogP contribution < -0.4 is 4.90 Å². The quantitative estimate of drug-likeness (QED) is 0.168. The molecule has 0 saturated carbocycles. The monoisotopic (exact) mass is 701 g/mol. The van der Waals surface area contributed by atoms with E-state index in [0.29, 0.717) is 0 Å². The van der Waals surface area contributed by atoms with Crippen molar-refractivity contribution in [2.24, 2.45) is 0 Å². The number of rotatable bonds is 6. The van der Waals surface area contributed by atoms with Crippen LogP contribution in [-0.4, -0.2) is 9.13 Å². The van der Waals surface area contributed by atoms with Crippen LogP contribution in [0.3, 0.4) is 0 Å². The van der Waals surface area contributed by atoms with Crippen molar-refractivity contribution in [2.75, 3.05) is 4.90 Å². The molecule has 55 heavy (non-hydrogen) atoms. The molecule has 0 radical (unpaired) electrons. The number of fused-ring (bicyclic) bond motifs is 7. The summed E-state index contributed by atoms with van der Waals surface area (Å²) < 4.78 is 4.76. The highest BCUT2D eigenvalue weighted by molar-refractivity contribution is 6.18. The Labute approximate surface area is 319 Å². The zero-order valence-electron chi connectivity index (χ0n) is 30.0. The average molecular weight is 702 g/mol. The lowest BCUT2D eigenvalue weighted by Crippen LogP contribution is -2.11. The van der Waals surface area contributed by atoms with Gasteiger partial charge in [-0.15, -0.1) is 0 Å². The van der Waals surface area contributed by atoms with E-state index in [1.807, 2.05) is 0 Å². The molecule has 2 aromatic heterocycles. The lowest BCUT2D eigenvalue weighted by atomic mass is 10.0. The Balaban J connectivity index is 1.00. The van der Waals surface area contributed by atoms with Gasteiger partial charge in [0.1, 0.15) is 0 Å². The van der Waals surface area contributed by atoms with E-state index in [-0.39, 0.29) is 0 Å². The minimum atomic E-state index is 1.12. The van der Waals surface area contributed by atoms with Crippen molar-refractivity contribution in [2.45, 2.75) is 0 Å². The summed E-state index contributed by atoms with van der Waals surface area (Å²) in [5.74, 6) is 0. The fourth-order valence-corrected chi connectivity index (χ4v) is 8.57. The van der Waals surface area contributed by atoms with Gasteiger partial charge in [-0.2, -0.15) is 0 Å². The lowest BCUT2D eigenvalue weighted by molar-refractivity contribution is 1.12. The first-order valence-corrected chi connectivity index (χ1v) is 18.9. The Bertz CT molecular complexity index is 3100. The number of aromatic nitrogens is 2. The summed E-state index contributed by atoms with van der Waals surface area (Å²) in [6.45, 7) is 0. The van der Waals surface area contributed by atoms with Crippen molar-refractivity contribution >= 4 is 71.3 Å². The topological polar surface area (TPSA) is 13.1 Å². The molecule has 0 bridgehead atoms. The average Bonchev–Trinajstić information content (AvgIpc) is 3.84. The van der Waals surface area contributed by atoms with E-state index in [1.54, 1.807) is 0 Å². The summed E-state index contributed by atoms with van der Waals surface area (Å²) in [5.41, 5.74) is 11.7.